The zero-order valence-corrected chi connectivity index (χ0v) is 11.9. The van der Waals surface area contributed by atoms with Gasteiger partial charge in [0.1, 0.15) is 6.10 Å². The summed E-state index contributed by atoms with van der Waals surface area (Å²) in [6, 6.07) is 4.36. The Balaban J connectivity index is 2.31. The Labute approximate surface area is 125 Å². The Morgan fingerprint density at radius 3 is 2.41 bits per heavy atom. The van der Waals surface area contributed by atoms with Crippen molar-refractivity contribution >= 4 is 11.8 Å². The molecule has 0 heterocycles. The lowest BCUT2D eigenvalue weighted by Crippen LogP contribution is -2.26. The molecule has 0 aliphatic heterocycles. The Bertz CT molecular complexity index is 588. The molecule has 1 aliphatic rings. The van der Waals surface area contributed by atoms with E-state index in [1.807, 2.05) is 0 Å². The highest BCUT2D eigenvalue weighted by atomic mass is 19.4. The van der Waals surface area contributed by atoms with Crippen LogP contribution in [0.2, 0.25) is 0 Å². The molecule has 118 valence electrons. The van der Waals surface area contributed by atoms with Crippen molar-refractivity contribution in [3.8, 4) is 0 Å². The van der Waals surface area contributed by atoms with Crippen molar-refractivity contribution < 1.29 is 27.5 Å². The summed E-state index contributed by atoms with van der Waals surface area (Å²) in [6.07, 6.45) is -0.982. The first-order chi connectivity index (χ1) is 10.3. The summed E-state index contributed by atoms with van der Waals surface area (Å²) >= 11 is 0. The van der Waals surface area contributed by atoms with Crippen LogP contribution < -0.4 is 0 Å². The van der Waals surface area contributed by atoms with E-state index in [9.17, 15) is 22.8 Å². The van der Waals surface area contributed by atoms with E-state index in [2.05, 4.69) is 0 Å². The molecule has 0 bridgehead atoms. The number of ether oxygens (including phenoxy) is 1. The second-order valence-corrected chi connectivity index (χ2v) is 5.14. The first kappa shape index (κ1) is 16.3. The number of halogens is 3. The number of ketones is 1. The normalized spacial score (nSPS) is 19.8. The fourth-order valence-corrected chi connectivity index (χ4v) is 2.46. The van der Waals surface area contributed by atoms with Crippen LogP contribution in [0.25, 0.3) is 0 Å². The van der Waals surface area contributed by atoms with Crippen LogP contribution in [0.4, 0.5) is 13.2 Å². The number of esters is 1. The minimum absolute atomic E-state index is 0.183. The number of allylic oxidation sites excluding steroid dienone is 2. The molecule has 1 aromatic carbocycles. The molecular weight excluding hydrogens is 297 g/mol. The second-order valence-electron chi connectivity index (χ2n) is 5.14. The maximum atomic E-state index is 12.6. The van der Waals surface area contributed by atoms with Gasteiger partial charge in [-0.2, -0.15) is 13.2 Å². The van der Waals surface area contributed by atoms with Gasteiger partial charge < -0.3 is 4.74 Å². The standard InChI is InChI=1S/C16H15F3O3/c1-10(20)22-15(13-4-2-3-5-14(13)21)11-6-8-12(9-7-11)16(17,18)19/h3,5-9,13,15H,2,4H2,1H3/t13-,15+/m1/s1. The van der Waals surface area contributed by atoms with Crippen molar-refractivity contribution in [2.75, 3.05) is 0 Å². The lowest BCUT2D eigenvalue weighted by molar-refractivity contribution is -0.151. The van der Waals surface area contributed by atoms with E-state index < -0.39 is 29.7 Å². The molecular formula is C16H15F3O3. The van der Waals surface area contributed by atoms with Crippen LogP contribution in [0, 0.1) is 5.92 Å². The second kappa shape index (κ2) is 6.34. The summed E-state index contributed by atoms with van der Waals surface area (Å²) in [7, 11) is 0. The van der Waals surface area contributed by atoms with Crippen LogP contribution in [0.15, 0.2) is 36.4 Å². The van der Waals surface area contributed by atoms with Crippen molar-refractivity contribution in [1.82, 2.24) is 0 Å². The van der Waals surface area contributed by atoms with E-state index in [1.54, 1.807) is 6.08 Å². The largest absolute Gasteiger partial charge is 0.457 e. The molecule has 2 rings (SSSR count). The highest BCUT2D eigenvalue weighted by molar-refractivity contribution is 5.93. The van der Waals surface area contributed by atoms with Crippen molar-refractivity contribution in [3.63, 3.8) is 0 Å². The number of alkyl halides is 3. The Hall–Kier alpha value is -2.11. The molecule has 6 heteroatoms. The maximum absolute atomic E-state index is 12.6. The van der Waals surface area contributed by atoms with Gasteiger partial charge in [0, 0.05) is 6.92 Å². The van der Waals surface area contributed by atoms with Crippen molar-refractivity contribution in [3.05, 3.63) is 47.5 Å². The van der Waals surface area contributed by atoms with Crippen LogP contribution in [-0.4, -0.2) is 11.8 Å². The third kappa shape index (κ3) is 3.75. The van der Waals surface area contributed by atoms with Gasteiger partial charge in [0.15, 0.2) is 5.78 Å². The van der Waals surface area contributed by atoms with Crippen LogP contribution in [0.3, 0.4) is 0 Å². The third-order valence-electron chi connectivity index (χ3n) is 3.52. The lowest BCUT2D eigenvalue weighted by atomic mass is 9.84. The van der Waals surface area contributed by atoms with Crippen molar-refractivity contribution in [1.29, 1.82) is 0 Å². The molecule has 0 radical (unpaired) electrons. The number of carbonyl (C=O) groups excluding carboxylic acids is 2. The van der Waals surface area contributed by atoms with E-state index in [4.69, 9.17) is 4.74 Å². The summed E-state index contributed by atoms with van der Waals surface area (Å²) in [5.74, 6) is -1.32. The van der Waals surface area contributed by atoms with Gasteiger partial charge in [0.05, 0.1) is 11.5 Å². The average molecular weight is 312 g/mol. The SMILES string of the molecule is CC(=O)O[C@@H](c1ccc(C(F)(F)F)cc1)[C@@H]1CCC=CC1=O. The maximum Gasteiger partial charge on any atom is 0.416 e. The van der Waals surface area contributed by atoms with Crippen LogP contribution in [-0.2, 0) is 20.5 Å². The molecule has 3 nitrogen and oxygen atoms in total. The van der Waals surface area contributed by atoms with Gasteiger partial charge in [-0.25, -0.2) is 0 Å². The third-order valence-corrected chi connectivity index (χ3v) is 3.52. The molecule has 1 aliphatic carbocycles. The smallest absolute Gasteiger partial charge is 0.416 e. The van der Waals surface area contributed by atoms with Gasteiger partial charge in [0.25, 0.3) is 0 Å². The number of hydrogen-bond acceptors (Lipinski definition) is 3. The Kier molecular flexibility index (Phi) is 4.68. The summed E-state index contributed by atoms with van der Waals surface area (Å²) < 4.78 is 43.0. The Morgan fingerprint density at radius 2 is 1.91 bits per heavy atom. The molecule has 0 saturated heterocycles. The molecule has 0 unspecified atom stereocenters. The quantitative estimate of drug-likeness (QED) is 0.796. The topological polar surface area (TPSA) is 43.4 Å². The molecule has 2 atom stereocenters. The van der Waals surface area contributed by atoms with Crippen molar-refractivity contribution in [2.45, 2.75) is 32.0 Å². The number of carbonyl (C=O) groups is 2. The highest BCUT2D eigenvalue weighted by Gasteiger charge is 2.34. The monoisotopic (exact) mass is 312 g/mol. The van der Waals surface area contributed by atoms with E-state index in [0.717, 1.165) is 12.1 Å². The van der Waals surface area contributed by atoms with E-state index in [-0.39, 0.29) is 5.78 Å². The van der Waals surface area contributed by atoms with Crippen molar-refractivity contribution in [2.24, 2.45) is 5.92 Å². The molecule has 22 heavy (non-hydrogen) atoms. The Morgan fingerprint density at radius 1 is 1.27 bits per heavy atom. The highest BCUT2D eigenvalue weighted by Crippen LogP contribution is 2.35. The molecule has 0 fully saturated rings. The summed E-state index contributed by atoms with van der Waals surface area (Å²) in [5.41, 5.74) is -0.399. The van der Waals surface area contributed by atoms with Gasteiger partial charge >= 0.3 is 12.1 Å². The summed E-state index contributed by atoms with van der Waals surface area (Å²) in [6.45, 7) is 1.21. The van der Waals surface area contributed by atoms with E-state index in [0.29, 0.717) is 18.4 Å². The fourth-order valence-electron chi connectivity index (χ4n) is 2.46. The van der Waals surface area contributed by atoms with Gasteiger partial charge in [-0.15, -0.1) is 0 Å². The predicted octanol–water partition coefficient (Wildman–Crippen LogP) is 3.84. The molecule has 0 saturated carbocycles. The predicted molar refractivity (Wildman–Crippen MR) is 72.8 cm³/mol. The number of benzene rings is 1. The summed E-state index contributed by atoms with van der Waals surface area (Å²) in [5, 5.41) is 0. The lowest BCUT2D eigenvalue weighted by Gasteiger charge is -2.27. The van der Waals surface area contributed by atoms with E-state index >= 15 is 0 Å². The fraction of sp³-hybridized carbons (Fsp3) is 0.375. The molecule has 0 N–H and O–H groups in total. The van der Waals surface area contributed by atoms with Gasteiger partial charge in [-0.05, 0) is 36.6 Å². The van der Waals surface area contributed by atoms with Gasteiger partial charge in [-0.3, -0.25) is 9.59 Å². The van der Waals surface area contributed by atoms with Gasteiger partial charge in [0.2, 0.25) is 0 Å². The first-order valence-electron chi connectivity index (χ1n) is 6.84. The minimum atomic E-state index is -4.43. The summed E-state index contributed by atoms with van der Waals surface area (Å²) in [4.78, 5) is 23.2. The van der Waals surface area contributed by atoms with Crippen LogP contribution >= 0.6 is 0 Å². The number of rotatable bonds is 3. The average Bonchev–Trinajstić information content (AvgIpc) is 2.45. The molecule has 1 aromatic rings. The van der Waals surface area contributed by atoms with E-state index in [1.165, 1.54) is 25.1 Å². The molecule has 0 spiro atoms. The molecule has 0 aromatic heterocycles. The van der Waals surface area contributed by atoms with Crippen LogP contribution in [0.1, 0.15) is 37.0 Å². The minimum Gasteiger partial charge on any atom is -0.457 e. The zero-order valence-electron chi connectivity index (χ0n) is 11.9. The zero-order chi connectivity index (χ0) is 16.3. The van der Waals surface area contributed by atoms with Crippen LogP contribution in [0.5, 0.6) is 0 Å². The molecule has 0 amide bonds. The first-order valence-corrected chi connectivity index (χ1v) is 6.84. The number of hydrogen-bond donors (Lipinski definition) is 0. The van der Waals surface area contributed by atoms with Gasteiger partial charge in [-0.1, -0.05) is 18.2 Å².